The molecule has 0 atom stereocenters. The van der Waals surface area contributed by atoms with Crippen LogP contribution >= 0.6 is 11.3 Å². The molecule has 116 valence electrons. The summed E-state index contributed by atoms with van der Waals surface area (Å²) in [4.78, 5) is 27.2. The van der Waals surface area contributed by atoms with Crippen molar-refractivity contribution in [3.8, 4) is 0 Å². The third-order valence-electron chi connectivity index (χ3n) is 4.35. The smallest absolute Gasteiger partial charge is 0.310 e. The molecule has 21 heavy (non-hydrogen) atoms. The fourth-order valence-corrected chi connectivity index (χ4v) is 3.74. The van der Waals surface area contributed by atoms with Crippen molar-refractivity contribution in [2.24, 2.45) is 5.41 Å². The van der Waals surface area contributed by atoms with Gasteiger partial charge >= 0.3 is 5.97 Å². The quantitative estimate of drug-likeness (QED) is 0.874. The molecule has 1 N–H and O–H groups in total. The molecule has 0 spiro atoms. The van der Waals surface area contributed by atoms with Crippen LogP contribution in [0.1, 0.15) is 50.8 Å². The number of carbonyl (C=O) groups is 2. The van der Waals surface area contributed by atoms with E-state index in [-0.39, 0.29) is 18.4 Å². The molecule has 0 saturated heterocycles. The molecule has 1 aliphatic carbocycles. The number of aliphatic carboxylic acids is 1. The second-order valence-corrected chi connectivity index (χ2v) is 7.20. The molecule has 2 rings (SSSR count). The minimum atomic E-state index is -0.834. The lowest BCUT2D eigenvalue weighted by Gasteiger charge is -2.31. The number of nitrogens with zero attached hydrogens (tertiary/aromatic N) is 1. The molecule has 1 heterocycles. The van der Waals surface area contributed by atoms with Crippen molar-refractivity contribution < 1.29 is 14.7 Å². The van der Waals surface area contributed by atoms with Gasteiger partial charge in [-0.25, -0.2) is 0 Å². The lowest BCUT2D eigenvalue weighted by atomic mass is 9.82. The number of carboxylic acid groups (broad SMARTS) is 1. The molecule has 0 bridgehead atoms. The SMILES string of the molecule is CC(C)N(Cc1cccs1)C(=O)CC1(C(=O)O)CCCC1. The highest BCUT2D eigenvalue weighted by molar-refractivity contribution is 7.09. The third-order valence-corrected chi connectivity index (χ3v) is 5.22. The van der Waals surface area contributed by atoms with E-state index in [1.807, 2.05) is 31.4 Å². The van der Waals surface area contributed by atoms with Crippen LogP contribution in [0, 0.1) is 5.41 Å². The molecule has 1 aromatic heterocycles. The molecule has 1 amide bonds. The Kier molecular flexibility index (Phi) is 5.04. The van der Waals surface area contributed by atoms with Gasteiger partial charge in [0.05, 0.1) is 12.0 Å². The van der Waals surface area contributed by atoms with Crippen LogP contribution in [-0.2, 0) is 16.1 Å². The number of carbonyl (C=O) groups excluding carboxylic acids is 1. The Labute approximate surface area is 129 Å². The Balaban J connectivity index is 2.09. The molecule has 0 radical (unpaired) electrons. The van der Waals surface area contributed by atoms with Gasteiger partial charge in [0.25, 0.3) is 0 Å². The number of amides is 1. The maximum absolute atomic E-state index is 12.6. The Morgan fingerprint density at radius 2 is 2.05 bits per heavy atom. The number of hydrogen-bond acceptors (Lipinski definition) is 3. The Bertz CT molecular complexity index is 490. The van der Waals surface area contributed by atoms with Crippen molar-refractivity contribution in [1.82, 2.24) is 4.90 Å². The summed E-state index contributed by atoms with van der Waals surface area (Å²) in [5, 5.41) is 11.5. The van der Waals surface area contributed by atoms with E-state index in [1.165, 1.54) is 0 Å². The fourth-order valence-electron chi connectivity index (χ4n) is 3.04. The predicted octanol–water partition coefficient (Wildman–Crippen LogP) is 3.52. The van der Waals surface area contributed by atoms with E-state index in [0.29, 0.717) is 19.4 Å². The Morgan fingerprint density at radius 3 is 2.52 bits per heavy atom. The molecule has 1 fully saturated rings. The molecule has 0 unspecified atom stereocenters. The van der Waals surface area contributed by atoms with E-state index in [0.717, 1.165) is 17.7 Å². The predicted molar refractivity (Wildman–Crippen MR) is 83.2 cm³/mol. The van der Waals surface area contributed by atoms with E-state index in [4.69, 9.17) is 0 Å². The average Bonchev–Trinajstić information content (AvgIpc) is 3.06. The summed E-state index contributed by atoms with van der Waals surface area (Å²) < 4.78 is 0. The van der Waals surface area contributed by atoms with Gasteiger partial charge in [0, 0.05) is 17.3 Å². The molecule has 1 aromatic rings. The van der Waals surface area contributed by atoms with Crippen molar-refractivity contribution in [2.75, 3.05) is 0 Å². The number of thiophene rings is 1. The molecule has 5 heteroatoms. The van der Waals surface area contributed by atoms with Gasteiger partial charge in [-0.05, 0) is 38.1 Å². The maximum Gasteiger partial charge on any atom is 0.310 e. The van der Waals surface area contributed by atoms with Gasteiger partial charge in [0.2, 0.25) is 5.91 Å². The zero-order chi connectivity index (χ0) is 15.5. The lowest BCUT2D eigenvalue weighted by molar-refractivity contribution is -0.154. The normalized spacial score (nSPS) is 17.1. The first-order valence-electron chi connectivity index (χ1n) is 7.50. The van der Waals surface area contributed by atoms with Gasteiger partial charge in [-0.1, -0.05) is 18.9 Å². The molecular formula is C16H23NO3S. The van der Waals surface area contributed by atoms with Gasteiger partial charge in [-0.15, -0.1) is 11.3 Å². The van der Waals surface area contributed by atoms with Gasteiger partial charge in [-0.2, -0.15) is 0 Å². The minimum Gasteiger partial charge on any atom is -0.481 e. The van der Waals surface area contributed by atoms with Crippen molar-refractivity contribution in [3.05, 3.63) is 22.4 Å². The van der Waals surface area contributed by atoms with E-state index < -0.39 is 11.4 Å². The standard InChI is InChI=1S/C16H23NO3S/c1-12(2)17(11-13-6-5-9-21-13)14(18)10-16(15(19)20)7-3-4-8-16/h5-6,9,12H,3-4,7-8,10-11H2,1-2H3,(H,19,20). The maximum atomic E-state index is 12.6. The van der Waals surface area contributed by atoms with E-state index in [9.17, 15) is 14.7 Å². The van der Waals surface area contributed by atoms with Crippen LogP contribution in [0.3, 0.4) is 0 Å². The first-order valence-corrected chi connectivity index (χ1v) is 8.38. The van der Waals surface area contributed by atoms with E-state index in [2.05, 4.69) is 0 Å². The van der Waals surface area contributed by atoms with Crippen molar-refractivity contribution in [1.29, 1.82) is 0 Å². The van der Waals surface area contributed by atoms with Crippen LogP contribution in [0.15, 0.2) is 17.5 Å². The third kappa shape index (κ3) is 3.64. The highest BCUT2D eigenvalue weighted by Crippen LogP contribution is 2.42. The first kappa shape index (κ1) is 16.0. The van der Waals surface area contributed by atoms with Gasteiger partial charge in [-0.3, -0.25) is 9.59 Å². The highest BCUT2D eigenvalue weighted by atomic mass is 32.1. The van der Waals surface area contributed by atoms with Crippen LogP contribution < -0.4 is 0 Å². The zero-order valence-electron chi connectivity index (χ0n) is 12.7. The molecular weight excluding hydrogens is 286 g/mol. The summed E-state index contributed by atoms with van der Waals surface area (Å²) in [5.74, 6) is -0.851. The summed E-state index contributed by atoms with van der Waals surface area (Å²) >= 11 is 1.62. The summed E-state index contributed by atoms with van der Waals surface area (Å²) in [6.45, 7) is 4.53. The first-order chi connectivity index (χ1) is 9.94. The van der Waals surface area contributed by atoms with Crippen LogP contribution in [0.2, 0.25) is 0 Å². The molecule has 4 nitrogen and oxygen atoms in total. The fraction of sp³-hybridized carbons (Fsp3) is 0.625. The van der Waals surface area contributed by atoms with Crippen molar-refractivity contribution in [2.45, 2.75) is 58.5 Å². The molecule has 1 saturated carbocycles. The molecule has 1 aliphatic rings. The van der Waals surface area contributed by atoms with E-state index >= 15 is 0 Å². The average molecular weight is 309 g/mol. The lowest BCUT2D eigenvalue weighted by Crippen LogP contribution is -2.41. The van der Waals surface area contributed by atoms with Crippen molar-refractivity contribution in [3.63, 3.8) is 0 Å². The van der Waals surface area contributed by atoms with Crippen LogP contribution in [0.25, 0.3) is 0 Å². The molecule has 0 aromatic carbocycles. The van der Waals surface area contributed by atoms with Gasteiger partial charge in [0.15, 0.2) is 0 Å². The van der Waals surface area contributed by atoms with E-state index in [1.54, 1.807) is 16.2 Å². The molecule has 0 aliphatic heterocycles. The second kappa shape index (κ2) is 6.60. The summed E-state index contributed by atoms with van der Waals surface area (Å²) in [5.41, 5.74) is -0.834. The summed E-state index contributed by atoms with van der Waals surface area (Å²) in [7, 11) is 0. The summed E-state index contributed by atoms with van der Waals surface area (Å²) in [6.07, 6.45) is 3.20. The minimum absolute atomic E-state index is 0.0392. The number of hydrogen-bond donors (Lipinski definition) is 1. The van der Waals surface area contributed by atoms with Crippen LogP contribution in [0.4, 0.5) is 0 Å². The summed E-state index contributed by atoms with van der Waals surface area (Å²) in [6, 6.07) is 4.06. The Morgan fingerprint density at radius 1 is 1.38 bits per heavy atom. The van der Waals surface area contributed by atoms with Gasteiger partial charge in [0.1, 0.15) is 0 Å². The topological polar surface area (TPSA) is 57.6 Å². The zero-order valence-corrected chi connectivity index (χ0v) is 13.5. The van der Waals surface area contributed by atoms with Crippen molar-refractivity contribution >= 4 is 23.2 Å². The second-order valence-electron chi connectivity index (χ2n) is 6.16. The monoisotopic (exact) mass is 309 g/mol. The number of carboxylic acids is 1. The van der Waals surface area contributed by atoms with Crippen LogP contribution in [-0.4, -0.2) is 27.9 Å². The Hall–Kier alpha value is -1.36. The number of rotatable bonds is 6. The van der Waals surface area contributed by atoms with Crippen LogP contribution in [0.5, 0.6) is 0 Å². The highest BCUT2D eigenvalue weighted by Gasteiger charge is 2.44. The largest absolute Gasteiger partial charge is 0.481 e. The van der Waals surface area contributed by atoms with Gasteiger partial charge < -0.3 is 10.0 Å².